The summed E-state index contributed by atoms with van der Waals surface area (Å²) >= 11 is 0. The summed E-state index contributed by atoms with van der Waals surface area (Å²) in [6, 6.07) is 7.99. The molecule has 0 radical (unpaired) electrons. The average Bonchev–Trinajstić information content (AvgIpc) is 2.71. The molecule has 2 aromatic carbocycles. The Labute approximate surface area is 185 Å². The third kappa shape index (κ3) is 6.00. The molecule has 32 heavy (non-hydrogen) atoms. The lowest BCUT2D eigenvalue weighted by atomic mass is 10.3. The van der Waals surface area contributed by atoms with Gasteiger partial charge in [0.15, 0.2) is 12.4 Å². The number of hydrogen-bond donors (Lipinski definition) is 2. The molecule has 0 fully saturated rings. The summed E-state index contributed by atoms with van der Waals surface area (Å²) in [7, 11) is -6.37. The van der Waals surface area contributed by atoms with E-state index in [9.17, 15) is 31.7 Å². The summed E-state index contributed by atoms with van der Waals surface area (Å²) in [5.74, 6) is -1.000. The number of nitrogens with zero attached hydrogens (tertiary/aromatic N) is 2. The number of nitro benzene ring substituents is 1. The lowest BCUT2D eigenvalue weighted by Crippen LogP contribution is -2.33. The van der Waals surface area contributed by atoms with Crippen LogP contribution in [0.3, 0.4) is 0 Å². The van der Waals surface area contributed by atoms with Gasteiger partial charge in [0.25, 0.3) is 5.91 Å². The van der Waals surface area contributed by atoms with Crippen LogP contribution in [0.2, 0.25) is 0 Å². The van der Waals surface area contributed by atoms with Crippen molar-refractivity contribution in [2.45, 2.75) is 29.7 Å². The molecule has 0 aliphatic carbocycles. The maximum atomic E-state index is 12.5. The standard InChI is InChI=1S/C18H22N4O8S2/c1-12(2)21(3)32(28,29)14-6-4-13(5-7-14)20-18(23)11-30-17-9-8-15(31(19,26)27)10-16(17)22(24)25/h4-10,12H,11H2,1-3H3,(H,20,23)(H2,19,26,27). The maximum absolute atomic E-state index is 12.5. The summed E-state index contributed by atoms with van der Waals surface area (Å²) in [6.45, 7) is 2.85. The number of benzene rings is 2. The number of sulfonamides is 2. The fraction of sp³-hybridized carbons (Fsp3) is 0.278. The van der Waals surface area contributed by atoms with E-state index in [-0.39, 0.29) is 22.4 Å². The zero-order chi connectivity index (χ0) is 24.3. The molecular formula is C18H22N4O8S2. The summed E-state index contributed by atoms with van der Waals surface area (Å²) in [5.41, 5.74) is -0.392. The molecule has 0 heterocycles. The highest BCUT2D eigenvalue weighted by Crippen LogP contribution is 2.29. The molecule has 0 saturated carbocycles. The molecule has 174 valence electrons. The van der Waals surface area contributed by atoms with Crippen molar-refractivity contribution in [1.29, 1.82) is 0 Å². The van der Waals surface area contributed by atoms with Crippen LogP contribution in [-0.4, -0.2) is 51.7 Å². The van der Waals surface area contributed by atoms with E-state index in [4.69, 9.17) is 9.88 Å². The van der Waals surface area contributed by atoms with Gasteiger partial charge in [-0.2, -0.15) is 4.31 Å². The second-order valence-electron chi connectivity index (χ2n) is 6.91. The van der Waals surface area contributed by atoms with Crippen LogP contribution in [0.5, 0.6) is 5.75 Å². The zero-order valence-electron chi connectivity index (χ0n) is 17.4. The number of nitrogens with one attached hydrogen (secondary N) is 1. The normalized spacial score (nSPS) is 12.1. The Bertz CT molecular complexity index is 1230. The van der Waals surface area contributed by atoms with Gasteiger partial charge in [0.2, 0.25) is 20.0 Å². The predicted molar refractivity (Wildman–Crippen MR) is 115 cm³/mol. The third-order valence-electron chi connectivity index (χ3n) is 4.36. The van der Waals surface area contributed by atoms with Crippen molar-refractivity contribution in [3.63, 3.8) is 0 Å². The average molecular weight is 487 g/mol. The molecule has 0 saturated heterocycles. The van der Waals surface area contributed by atoms with E-state index in [0.717, 1.165) is 18.2 Å². The predicted octanol–water partition coefficient (Wildman–Crippen LogP) is 1.29. The molecule has 0 atom stereocenters. The highest BCUT2D eigenvalue weighted by Gasteiger charge is 2.23. The number of carbonyl (C=O) groups excluding carboxylic acids is 1. The van der Waals surface area contributed by atoms with Crippen molar-refractivity contribution in [2.75, 3.05) is 19.0 Å². The molecule has 0 aromatic heterocycles. The van der Waals surface area contributed by atoms with Crippen LogP contribution in [0, 0.1) is 10.1 Å². The minimum absolute atomic E-state index is 0.0496. The minimum atomic E-state index is -4.16. The topological polar surface area (TPSA) is 179 Å². The van der Waals surface area contributed by atoms with Gasteiger partial charge in [0, 0.05) is 24.8 Å². The van der Waals surface area contributed by atoms with Gasteiger partial charge in [-0.1, -0.05) is 0 Å². The number of ether oxygens (including phenoxy) is 1. The first-order valence-electron chi connectivity index (χ1n) is 9.05. The first kappa shape index (κ1) is 25.2. The van der Waals surface area contributed by atoms with E-state index >= 15 is 0 Å². The van der Waals surface area contributed by atoms with Crippen LogP contribution in [0.15, 0.2) is 52.3 Å². The Balaban J connectivity index is 2.09. The van der Waals surface area contributed by atoms with Crippen LogP contribution in [0.1, 0.15) is 13.8 Å². The van der Waals surface area contributed by atoms with Crippen LogP contribution >= 0.6 is 0 Å². The lowest BCUT2D eigenvalue weighted by Gasteiger charge is -2.21. The fourth-order valence-corrected chi connectivity index (χ4v) is 4.33. The van der Waals surface area contributed by atoms with E-state index < -0.39 is 48.1 Å². The van der Waals surface area contributed by atoms with Crippen molar-refractivity contribution in [3.8, 4) is 5.75 Å². The van der Waals surface area contributed by atoms with Gasteiger partial charge in [0.1, 0.15) is 0 Å². The van der Waals surface area contributed by atoms with Gasteiger partial charge in [-0.3, -0.25) is 14.9 Å². The van der Waals surface area contributed by atoms with Crippen LogP contribution in [0.25, 0.3) is 0 Å². The second kappa shape index (κ2) is 9.60. The van der Waals surface area contributed by atoms with Crippen molar-refractivity contribution >= 4 is 37.3 Å². The quantitative estimate of drug-likeness (QED) is 0.393. The van der Waals surface area contributed by atoms with Gasteiger partial charge < -0.3 is 10.1 Å². The summed E-state index contributed by atoms with van der Waals surface area (Å²) in [6.07, 6.45) is 0. The Morgan fingerprint density at radius 2 is 1.69 bits per heavy atom. The Morgan fingerprint density at radius 1 is 1.12 bits per heavy atom. The number of carbonyl (C=O) groups is 1. The molecule has 0 bridgehead atoms. The van der Waals surface area contributed by atoms with Crippen LogP contribution < -0.4 is 15.2 Å². The first-order valence-corrected chi connectivity index (χ1v) is 12.0. The molecule has 0 aliphatic heterocycles. The number of hydrogen-bond acceptors (Lipinski definition) is 8. The molecule has 0 spiro atoms. The lowest BCUT2D eigenvalue weighted by molar-refractivity contribution is -0.386. The van der Waals surface area contributed by atoms with Crippen molar-refractivity contribution in [1.82, 2.24) is 4.31 Å². The number of nitrogens with two attached hydrogens (primary N) is 1. The number of anilines is 1. The van der Waals surface area contributed by atoms with Gasteiger partial charge in [-0.15, -0.1) is 0 Å². The van der Waals surface area contributed by atoms with Crippen molar-refractivity contribution in [2.24, 2.45) is 5.14 Å². The van der Waals surface area contributed by atoms with E-state index in [0.29, 0.717) is 0 Å². The number of primary sulfonamides is 1. The SMILES string of the molecule is CC(C)N(C)S(=O)(=O)c1ccc(NC(=O)COc2ccc(S(N)(=O)=O)cc2[N+](=O)[O-])cc1. The van der Waals surface area contributed by atoms with Crippen molar-refractivity contribution < 1.29 is 31.3 Å². The van der Waals surface area contributed by atoms with Gasteiger partial charge >= 0.3 is 5.69 Å². The zero-order valence-corrected chi connectivity index (χ0v) is 19.0. The number of rotatable bonds is 9. The highest BCUT2D eigenvalue weighted by molar-refractivity contribution is 7.89. The van der Waals surface area contributed by atoms with Crippen LogP contribution in [-0.2, 0) is 24.8 Å². The molecule has 3 N–H and O–H groups in total. The summed E-state index contributed by atoms with van der Waals surface area (Å²) in [5, 5.41) is 18.6. The highest BCUT2D eigenvalue weighted by atomic mass is 32.2. The largest absolute Gasteiger partial charge is 0.477 e. The summed E-state index contributed by atoms with van der Waals surface area (Å²) in [4.78, 5) is 22.0. The van der Waals surface area contributed by atoms with E-state index in [1.165, 1.54) is 35.6 Å². The van der Waals surface area contributed by atoms with Gasteiger partial charge in [0.05, 0.1) is 14.7 Å². The van der Waals surface area contributed by atoms with E-state index in [1.54, 1.807) is 13.8 Å². The molecule has 0 unspecified atom stereocenters. The molecule has 0 aliphatic rings. The number of amides is 1. The first-order chi connectivity index (χ1) is 14.7. The minimum Gasteiger partial charge on any atom is -0.477 e. The van der Waals surface area contributed by atoms with Gasteiger partial charge in [-0.05, 0) is 50.2 Å². The molecule has 2 aromatic rings. The fourth-order valence-electron chi connectivity index (χ4n) is 2.43. The monoisotopic (exact) mass is 486 g/mol. The van der Waals surface area contributed by atoms with Crippen molar-refractivity contribution in [3.05, 3.63) is 52.6 Å². The van der Waals surface area contributed by atoms with E-state index in [2.05, 4.69) is 5.32 Å². The summed E-state index contributed by atoms with van der Waals surface area (Å²) < 4.78 is 54.0. The Hall–Kier alpha value is -3.07. The second-order valence-corrected chi connectivity index (χ2v) is 10.5. The van der Waals surface area contributed by atoms with Gasteiger partial charge in [-0.25, -0.2) is 22.0 Å². The third-order valence-corrected chi connectivity index (χ3v) is 7.32. The molecule has 1 amide bonds. The molecule has 14 heteroatoms. The van der Waals surface area contributed by atoms with Crippen LogP contribution in [0.4, 0.5) is 11.4 Å². The molecule has 2 rings (SSSR count). The smallest absolute Gasteiger partial charge is 0.312 e. The Kier molecular flexibility index (Phi) is 7.56. The van der Waals surface area contributed by atoms with E-state index in [1.807, 2.05) is 0 Å². The molecular weight excluding hydrogens is 464 g/mol. The molecule has 12 nitrogen and oxygen atoms in total. The number of nitro groups is 1. The maximum Gasteiger partial charge on any atom is 0.312 e. The Morgan fingerprint density at radius 3 is 2.19 bits per heavy atom.